The molecule has 1 atom stereocenters. The van der Waals surface area contributed by atoms with E-state index in [-0.39, 0.29) is 36.1 Å². The van der Waals surface area contributed by atoms with E-state index in [0.717, 1.165) is 24.0 Å². The van der Waals surface area contributed by atoms with E-state index in [9.17, 15) is 14.4 Å². The number of nitrogens with one attached hydrogen (secondary N) is 2. The third kappa shape index (κ3) is 6.15. The third-order valence-corrected chi connectivity index (χ3v) is 6.32. The molecule has 1 saturated heterocycles. The first-order valence-electron chi connectivity index (χ1n) is 12.1. The molecule has 0 saturated carbocycles. The largest absolute Gasteiger partial charge is 0.342 e. The molecule has 180 valence electrons. The number of hydrogen-bond acceptors (Lipinski definition) is 3. The molecular weight excluding hydrogens is 438 g/mol. The average Bonchev–Trinajstić information content (AvgIpc) is 3.27. The zero-order valence-electron chi connectivity index (χ0n) is 19.9. The highest BCUT2D eigenvalue weighted by molar-refractivity contribution is 5.98. The van der Waals surface area contributed by atoms with Crippen LogP contribution >= 0.6 is 0 Å². The first-order chi connectivity index (χ1) is 17.0. The summed E-state index contributed by atoms with van der Waals surface area (Å²) in [5.41, 5.74) is 3.10. The summed E-state index contributed by atoms with van der Waals surface area (Å²) in [5.74, 6) is -0.673. The second-order valence-corrected chi connectivity index (χ2v) is 8.89. The number of nitrogens with zero attached hydrogens (tertiary/aromatic N) is 1. The van der Waals surface area contributed by atoms with E-state index in [1.165, 1.54) is 0 Å². The van der Waals surface area contributed by atoms with Crippen LogP contribution in [0.4, 0.5) is 5.69 Å². The fourth-order valence-electron chi connectivity index (χ4n) is 4.33. The zero-order chi connectivity index (χ0) is 24.6. The van der Waals surface area contributed by atoms with Gasteiger partial charge in [0.05, 0.1) is 12.0 Å². The number of benzene rings is 3. The lowest BCUT2D eigenvalue weighted by atomic mass is 9.98. The number of unbranched alkanes of at least 4 members (excludes halogenated alkanes) is 1. The molecule has 1 unspecified atom stereocenters. The average molecular weight is 470 g/mol. The summed E-state index contributed by atoms with van der Waals surface area (Å²) in [7, 11) is 0. The second kappa shape index (κ2) is 11.5. The van der Waals surface area contributed by atoms with Gasteiger partial charge in [0.1, 0.15) is 0 Å². The Morgan fingerprint density at radius 2 is 1.51 bits per heavy atom. The Bertz CT molecular complexity index is 1110. The molecule has 1 fully saturated rings. The van der Waals surface area contributed by atoms with Crippen LogP contribution < -0.4 is 10.6 Å². The first-order valence-corrected chi connectivity index (χ1v) is 12.1. The molecule has 4 rings (SSSR count). The van der Waals surface area contributed by atoms with Crippen LogP contribution in [0.2, 0.25) is 0 Å². The molecule has 3 amide bonds. The molecule has 1 heterocycles. The van der Waals surface area contributed by atoms with Gasteiger partial charge in [-0.2, -0.15) is 0 Å². The zero-order valence-corrected chi connectivity index (χ0v) is 19.9. The van der Waals surface area contributed by atoms with Crippen molar-refractivity contribution in [1.82, 2.24) is 10.2 Å². The molecule has 6 heteroatoms. The van der Waals surface area contributed by atoms with Crippen molar-refractivity contribution in [1.29, 1.82) is 0 Å². The van der Waals surface area contributed by atoms with E-state index in [4.69, 9.17) is 0 Å². The molecule has 0 spiro atoms. The van der Waals surface area contributed by atoms with Crippen molar-refractivity contribution in [3.8, 4) is 0 Å². The number of carbonyl (C=O) groups is 3. The van der Waals surface area contributed by atoms with E-state index in [0.29, 0.717) is 24.3 Å². The summed E-state index contributed by atoms with van der Waals surface area (Å²) in [6.45, 7) is 3.25. The fourth-order valence-corrected chi connectivity index (χ4v) is 4.33. The predicted molar refractivity (Wildman–Crippen MR) is 137 cm³/mol. The maximum absolute atomic E-state index is 13.1. The molecule has 1 aliphatic rings. The van der Waals surface area contributed by atoms with E-state index in [1.54, 1.807) is 29.2 Å². The normalized spacial score (nSPS) is 15.3. The maximum Gasteiger partial charge on any atom is 0.252 e. The summed E-state index contributed by atoms with van der Waals surface area (Å²) in [6.07, 6.45) is 2.20. The van der Waals surface area contributed by atoms with Crippen LogP contribution in [0.1, 0.15) is 53.7 Å². The van der Waals surface area contributed by atoms with Gasteiger partial charge in [-0.3, -0.25) is 14.4 Å². The van der Waals surface area contributed by atoms with Crippen molar-refractivity contribution in [2.24, 2.45) is 5.92 Å². The van der Waals surface area contributed by atoms with Gasteiger partial charge in [-0.1, -0.05) is 74.0 Å². The maximum atomic E-state index is 13.1. The lowest BCUT2D eigenvalue weighted by Gasteiger charge is -2.20. The molecule has 0 aromatic heterocycles. The van der Waals surface area contributed by atoms with Gasteiger partial charge in [0.25, 0.3) is 5.91 Å². The molecule has 6 nitrogen and oxygen atoms in total. The van der Waals surface area contributed by atoms with Crippen molar-refractivity contribution in [2.45, 2.75) is 32.2 Å². The van der Waals surface area contributed by atoms with Gasteiger partial charge in [-0.05, 0) is 41.8 Å². The smallest absolute Gasteiger partial charge is 0.252 e. The SMILES string of the molecule is CCCCN1CC(C(=O)Nc2ccc(C(=O)NC(c3ccccc3)c3ccccc3)cc2)CC1=O. The van der Waals surface area contributed by atoms with E-state index in [2.05, 4.69) is 17.6 Å². The number of amides is 3. The lowest BCUT2D eigenvalue weighted by molar-refractivity contribution is -0.128. The first kappa shape index (κ1) is 24.2. The summed E-state index contributed by atoms with van der Waals surface area (Å²) in [4.78, 5) is 39.7. The third-order valence-electron chi connectivity index (χ3n) is 6.32. The second-order valence-electron chi connectivity index (χ2n) is 8.89. The molecule has 1 aliphatic heterocycles. The van der Waals surface area contributed by atoms with Crippen molar-refractivity contribution >= 4 is 23.4 Å². The van der Waals surface area contributed by atoms with Gasteiger partial charge in [0.15, 0.2) is 0 Å². The van der Waals surface area contributed by atoms with Crippen LogP contribution in [-0.4, -0.2) is 35.7 Å². The minimum absolute atomic E-state index is 0.0389. The molecule has 3 aromatic rings. The van der Waals surface area contributed by atoms with E-state index >= 15 is 0 Å². The molecule has 3 aromatic carbocycles. The minimum atomic E-state index is -0.347. The Hall–Kier alpha value is -3.93. The summed E-state index contributed by atoms with van der Waals surface area (Å²) >= 11 is 0. The number of anilines is 1. The highest BCUT2D eigenvalue weighted by Gasteiger charge is 2.33. The highest BCUT2D eigenvalue weighted by atomic mass is 16.2. The molecule has 0 bridgehead atoms. The number of hydrogen-bond donors (Lipinski definition) is 2. The molecule has 2 N–H and O–H groups in total. The molecule has 0 aliphatic carbocycles. The Kier molecular flexibility index (Phi) is 7.93. The predicted octanol–water partition coefficient (Wildman–Crippen LogP) is 4.79. The van der Waals surface area contributed by atoms with Crippen molar-refractivity contribution < 1.29 is 14.4 Å². The van der Waals surface area contributed by atoms with Crippen LogP contribution in [0.5, 0.6) is 0 Å². The van der Waals surface area contributed by atoms with Crippen molar-refractivity contribution in [3.05, 3.63) is 102 Å². The Morgan fingerprint density at radius 1 is 0.914 bits per heavy atom. The minimum Gasteiger partial charge on any atom is -0.342 e. The molecule has 35 heavy (non-hydrogen) atoms. The van der Waals surface area contributed by atoms with Crippen LogP contribution in [0, 0.1) is 5.92 Å². The van der Waals surface area contributed by atoms with Crippen LogP contribution in [-0.2, 0) is 9.59 Å². The van der Waals surface area contributed by atoms with Gasteiger partial charge in [-0.15, -0.1) is 0 Å². The van der Waals surface area contributed by atoms with Gasteiger partial charge >= 0.3 is 0 Å². The van der Waals surface area contributed by atoms with Gasteiger partial charge < -0.3 is 15.5 Å². The van der Waals surface area contributed by atoms with E-state index in [1.807, 2.05) is 60.7 Å². The standard InChI is InChI=1S/C29H31N3O3/c1-2-3-18-32-20-24(19-26(32)33)29(35)30-25-16-14-23(15-17-25)28(34)31-27(21-10-6-4-7-11-21)22-12-8-5-9-13-22/h4-17,24,27H,2-3,18-20H2,1H3,(H,30,35)(H,31,34). The summed E-state index contributed by atoms with van der Waals surface area (Å²) in [5, 5.41) is 6.02. The van der Waals surface area contributed by atoms with E-state index < -0.39 is 0 Å². The van der Waals surface area contributed by atoms with Crippen LogP contribution in [0.3, 0.4) is 0 Å². The van der Waals surface area contributed by atoms with Crippen LogP contribution in [0.15, 0.2) is 84.9 Å². The topological polar surface area (TPSA) is 78.5 Å². The number of likely N-dealkylation sites (tertiary alicyclic amines) is 1. The van der Waals surface area contributed by atoms with Gasteiger partial charge in [0.2, 0.25) is 11.8 Å². The van der Waals surface area contributed by atoms with Crippen molar-refractivity contribution in [3.63, 3.8) is 0 Å². The Balaban J connectivity index is 1.39. The monoisotopic (exact) mass is 469 g/mol. The highest BCUT2D eigenvalue weighted by Crippen LogP contribution is 2.23. The van der Waals surface area contributed by atoms with Crippen LogP contribution in [0.25, 0.3) is 0 Å². The Morgan fingerprint density at radius 3 is 2.09 bits per heavy atom. The molecular formula is C29H31N3O3. The summed E-state index contributed by atoms with van der Waals surface area (Å²) < 4.78 is 0. The molecule has 0 radical (unpaired) electrons. The Labute approximate surface area is 206 Å². The quantitative estimate of drug-likeness (QED) is 0.473. The van der Waals surface area contributed by atoms with Gasteiger partial charge in [0, 0.05) is 30.8 Å². The van der Waals surface area contributed by atoms with Crippen molar-refractivity contribution in [2.75, 3.05) is 18.4 Å². The van der Waals surface area contributed by atoms with Gasteiger partial charge in [-0.25, -0.2) is 0 Å². The lowest BCUT2D eigenvalue weighted by Crippen LogP contribution is -2.29. The fraction of sp³-hybridized carbons (Fsp3) is 0.276. The number of rotatable bonds is 9. The number of carbonyl (C=O) groups excluding carboxylic acids is 3. The summed E-state index contributed by atoms with van der Waals surface area (Å²) in [6, 6.07) is 26.3.